The molecule has 1 unspecified atom stereocenters. The summed E-state index contributed by atoms with van der Waals surface area (Å²) in [6.45, 7) is 13.0. The maximum absolute atomic E-state index is 13.6. The summed E-state index contributed by atoms with van der Waals surface area (Å²) >= 11 is 2.71. The van der Waals surface area contributed by atoms with E-state index in [4.69, 9.17) is 16.5 Å². The molecule has 0 aliphatic carbocycles. The van der Waals surface area contributed by atoms with E-state index in [-0.39, 0.29) is 11.9 Å². The molecule has 6 N–H and O–H groups in total. The van der Waals surface area contributed by atoms with Gasteiger partial charge in [0.1, 0.15) is 9.75 Å². The summed E-state index contributed by atoms with van der Waals surface area (Å²) in [7, 11) is 0. The number of nitrogens with two attached hydrogens (primary N) is 2. The average Bonchev–Trinajstić information content (AvgIpc) is 3.36. The molecular weight excluding hydrogens is 468 g/mol. The van der Waals surface area contributed by atoms with Gasteiger partial charge >= 0.3 is 0 Å². The van der Waals surface area contributed by atoms with Crippen LogP contribution in [-0.4, -0.2) is 34.4 Å². The number of carbonyl (C=O) groups excluding carboxylic acids is 2. The second-order valence-electron chi connectivity index (χ2n) is 9.24. The van der Waals surface area contributed by atoms with Crippen molar-refractivity contribution in [3.63, 3.8) is 0 Å². The number of aromatic nitrogens is 2. The lowest BCUT2D eigenvalue weighted by atomic mass is 10.0. The molecule has 0 fully saturated rings. The summed E-state index contributed by atoms with van der Waals surface area (Å²) < 4.78 is 0. The molecule has 10 heteroatoms. The van der Waals surface area contributed by atoms with Gasteiger partial charge in [-0.2, -0.15) is 0 Å². The van der Waals surface area contributed by atoms with Gasteiger partial charge in [0, 0.05) is 18.5 Å². The van der Waals surface area contributed by atoms with E-state index >= 15 is 0 Å². The maximum atomic E-state index is 13.6. The Hall–Kier alpha value is -1.88. The minimum atomic E-state index is -0.525. The number of primary amides is 1. The topological polar surface area (TPSA) is 136 Å². The lowest BCUT2D eigenvalue weighted by molar-refractivity contribution is 0.0930. The molecule has 2 aromatic rings. The van der Waals surface area contributed by atoms with Crippen molar-refractivity contribution in [1.29, 1.82) is 0 Å². The highest BCUT2D eigenvalue weighted by molar-refractivity contribution is 7.14. The lowest BCUT2D eigenvalue weighted by Gasteiger charge is -2.20. The Morgan fingerprint density at radius 2 is 1.74 bits per heavy atom. The van der Waals surface area contributed by atoms with Gasteiger partial charge in [-0.25, -0.2) is 9.97 Å². The molecule has 0 radical (unpaired) electrons. The molecule has 34 heavy (non-hydrogen) atoms. The van der Waals surface area contributed by atoms with Crippen LogP contribution < -0.4 is 22.1 Å². The fourth-order valence-electron chi connectivity index (χ4n) is 3.74. The fraction of sp³-hybridized carbons (Fsp3) is 0.667. The number of rotatable bonds is 14. The number of carbonyl (C=O) groups is 2. The number of nitrogens with zero attached hydrogens (tertiary/aromatic N) is 2. The van der Waals surface area contributed by atoms with Crippen molar-refractivity contribution in [1.82, 2.24) is 20.6 Å². The van der Waals surface area contributed by atoms with Crippen molar-refractivity contribution in [2.75, 3.05) is 6.54 Å². The van der Waals surface area contributed by atoms with Gasteiger partial charge in [-0.15, -0.1) is 22.7 Å². The Bertz CT molecular complexity index is 955. The molecule has 3 atom stereocenters. The first-order valence-electron chi connectivity index (χ1n) is 12.1. The highest BCUT2D eigenvalue weighted by Crippen LogP contribution is 2.30. The number of thiazole rings is 2. The van der Waals surface area contributed by atoms with Crippen molar-refractivity contribution >= 4 is 34.5 Å². The summed E-state index contributed by atoms with van der Waals surface area (Å²) in [5.41, 5.74) is 12.6. The van der Waals surface area contributed by atoms with Gasteiger partial charge in [0.2, 0.25) is 0 Å². The Morgan fingerprint density at radius 3 is 2.32 bits per heavy atom. The standard InChI is InChI=1S/C24H40N6O2S2/c1-7-14(4)27-15(5)19-22(34-18(30-19)12-13(2)3)24(32)29-17(10-8-9-11-25)20-21(23(26)31)33-16(6)28-20/h13-15,17,27H,7-12,25H2,1-6H3,(H2,26,31)(H,29,32)/t14?,15-,17-/m0/s1. The molecule has 0 bridgehead atoms. The van der Waals surface area contributed by atoms with Crippen LogP contribution in [-0.2, 0) is 6.42 Å². The Balaban J connectivity index is 2.39. The van der Waals surface area contributed by atoms with Crippen LogP contribution >= 0.6 is 22.7 Å². The third kappa shape index (κ3) is 7.83. The summed E-state index contributed by atoms with van der Waals surface area (Å²) in [6.07, 6.45) is 4.05. The summed E-state index contributed by atoms with van der Waals surface area (Å²) in [6, 6.07) is -0.180. The first-order valence-corrected chi connectivity index (χ1v) is 13.7. The van der Waals surface area contributed by atoms with Crippen molar-refractivity contribution in [3.8, 4) is 0 Å². The van der Waals surface area contributed by atoms with Crippen LogP contribution in [0.1, 0.15) is 113 Å². The van der Waals surface area contributed by atoms with Gasteiger partial charge in [-0.3, -0.25) is 9.59 Å². The first kappa shape index (κ1) is 28.4. The molecule has 2 aromatic heterocycles. The number of nitrogens with one attached hydrogen (secondary N) is 2. The molecule has 2 heterocycles. The van der Waals surface area contributed by atoms with Gasteiger partial charge in [0.05, 0.1) is 27.4 Å². The number of aryl methyl sites for hydroxylation is 1. The zero-order valence-electron chi connectivity index (χ0n) is 21.2. The van der Waals surface area contributed by atoms with Crippen LogP contribution in [0.4, 0.5) is 0 Å². The third-order valence-electron chi connectivity index (χ3n) is 5.61. The van der Waals surface area contributed by atoms with E-state index in [2.05, 4.69) is 43.3 Å². The average molecular weight is 509 g/mol. The largest absolute Gasteiger partial charge is 0.365 e. The summed E-state index contributed by atoms with van der Waals surface area (Å²) in [4.78, 5) is 36.1. The zero-order chi connectivity index (χ0) is 25.4. The van der Waals surface area contributed by atoms with E-state index in [1.807, 2.05) is 13.8 Å². The van der Waals surface area contributed by atoms with E-state index in [0.29, 0.717) is 40.4 Å². The van der Waals surface area contributed by atoms with E-state index in [1.165, 1.54) is 22.7 Å². The Morgan fingerprint density at radius 1 is 1.03 bits per heavy atom. The predicted octanol–water partition coefficient (Wildman–Crippen LogP) is 4.25. The molecule has 8 nitrogen and oxygen atoms in total. The van der Waals surface area contributed by atoms with Gasteiger partial charge in [0.25, 0.3) is 11.8 Å². The van der Waals surface area contributed by atoms with Gasteiger partial charge < -0.3 is 22.1 Å². The fourth-order valence-corrected chi connectivity index (χ4v) is 5.85. The van der Waals surface area contributed by atoms with E-state index in [9.17, 15) is 9.59 Å². The molecule has 0 saturated heterocycles. The van der Waals surface area contributed by atoms with E-state index in [1.54, 1.807) is 0 Å². The van der Waals surface area contributed by atoms with Gasteiger partial charge in [-0.1, -0.05) is 20.8 Å². The van der Waals surface area contributed by atoms with Gasteiger partial charge in [-0.05, 0) is 58.9 Å². The van der Waals surface area contributed by atoms with Crippen molar-refractivity contribution in [2.24, 2.45) is 17.4 Å². The van der Waals surface area contributed by atoms with Crippen molar-refractivity contribution in [2.45, 2.75) is 91.8 Å². The van der Waals surface area contributed by atoms with Crippen molar-refractivity contribution < 1.29 is 9.59 Å². The minimum absolute atomic E-state index is 0.0637. The summed E-state index contributed by atoms with van der Waals surface area (Å²) in [5.74, 6) is -0.283. The minimum Gasteiger partial charge on any atom is -0.365 e. The van der Waals surface area contributed by atoms with Crippen LogP contribution in [0, 0.1) is 12.8 Å². The molecule has 2 rings (SSSR count). The molecule has 0 saturated carbocycles. The second kappa shape index (κ2) is 13.3. The third-order valence-corrected chi connectivity index (χ3v) is 7.70. The molecule has 0 aliphatic rings. The zero-order valence-corrected chi connectivity index (χ0v) is 22.9. The number of hydrogen-bond acceptors (Lipinski definition) is 8. The van der Waals surface area contributed by atoms with Gasteiger partial charge in [0.15, 0.2) is 0 Å². The molecule has 2 amide bonds. The maximum Gasteiger partial charge on any atom is 0.263 e. The molecule has 0 aliphatic heterocycles. The highest BCUT2D eigenvalue weighted by atomic mass is 32.1. The monoisotopic (exact) mass is 508 g/mol. The van der Waals surface area contributed by atoms with E-state index in [0.717, 1.165) is 41.4 Å². The number of unbranched alkanes of at least 4 members (excludes halogenated alkanes) is 1. The smallest absolute Gasteiger partial charge is 0.263 e. The SMILES string of the molecule is CCC(C)N[C@@H](C)c1nc(CC(C)C)sc1C(=O)N[C@@H](CCCCN)c1nc(C)sc1C(N)=O. The number of hydrogen-bond donors (Lipinski definition) is 4. The van der Waals surface area contributed by atoms with Crippen LogP contribution in [0.5, 0.6) is 0 Å². The Labute approximate surface area is 211 Å². The number of amides is 2. The quantitative estimate of drug-likeness (QED) is 0.282. The summed E-state index contributed by atoms with van der Waals surface area (Å²) in [5, 5.41) is 8.38. The molecule has 190 valence electrons. The first-order chi connectivity index (χ1) is 16.1. The van der Waals surface area contributed by atoms with Crippen LogP contribution in [0.3, 0.4) is 0 Å². The Kier molecular flexibility index (Phi) is 11.1. The van der Waals surface area contributed by atoms with Crippen LogP contribution in [0.15, 0.2) is 0 Å². The lowest BCUT2D eigenvalue weighted by Crippen LogP contribution is -2.33. The normalized spacial score (nSPS) is 14.2. The molecule has 0 aromatic carbocycles. The van der Waals surface area contributed by atoms with E-state index < -0.39 is 11.9 Å². The van der Waals surface area contributed by atoms with Crippen LogP contribution in [0.25, 0.3) is 0 Å². The molecular formula is C24H40N6O2S2. The second-order valence-corrected chi connectivity index (χ2v) is 11.5. The molecule has 0 spiro atoms. The highest BCUT2D eigenvalue weighted by Gasteiger charge is 2.28. The van der Waals surface area contributed by atoms with Crippen LogP contribution in [0.2, 0.25) is 0 Å². The predicted molar refractivity (Wildman–Crippen MR) is 140 cm³/mol. The van der Waals surface area contributed by atoms with Crippen molar-refractivity contribution in [3.05, 3.63) is 31.2 Å².